The third-order valence-corrected chi connectivity index (χ3v) is 3.24. The molecule has 22 heavy (non-hydrogen) atoms. The van der Waals surface area contributed by atoms with Crippen LogP contribution >= 0.6 is 0 Å². The first-order valence-corrected chi connectivity index (χ1v) is 6.53. The number of hydrogen-bond acceptors (Lipinski definition) is 4. The van der Waals surface area contributed by atoms with Crippen LogP contribution in [0.4, 0.5) is 5.69 Å². The lowest BCUT2D eigenvalue weighted by molar-refractivity contribution is -0.117. The molecule has 2 aromatic rings. The maximum absolute atomic E-state index is 12.3. The molecule has 110 valence electrons. The molecule has 6 heteroatoms. The van der Waals surface area contributed by atoms with Crippen molar-refractivity contribution in [3.63, 3.8) is 0 Å². The summed E-state index contributed by atoms with van der Waals surface area (Å²) in [5.41, 5.74) is 1.10. The Kier molecular flexibility index (Phi) is 3.34. The summed E-state index contributed by atoms with van der Waals surface area (Å²) in [6.45, 7) is 0. The molecule has 1 N–H and O–H groups in total. The van der Waals surface area contributed by atoms with Crippen LogP contribution in [0.1, 0.15) is 16.1 Å². The molecule has 0 saturated carbocycles. The zero-order valence-corrected chi connectivity index (χ0v) is 11.7. The lowest BCUT2D eigenvalue weighted by Gasteiger charge is -2.26. The predicted molar refractivity (Wildman–Crippen MR) is 79.7 cm³/mol. The van der Waals surface area contributed by atoms with Gasteiger partial charge in [-0.25, -0.2) is 9.78 Å². The number of rotatable bonds is 2. The van der Waals surface area contributed by atoms with Crippen LogP contribution in [0.15, 0.2) is 48.2 Å². The minimum absolute atomic E-state index is 0.0937. The molecule has 1 aliphatic rings. The highest BCUT2D eigenvalue weighted by Gasteiger charge is 2.29. The number of likely N-dealkylation sites (N-methyl/N-ethyl adjacent to an activating group) is 1. The Bertz CT molecular complexity index is 784. The van der Waals surface area contributed by atoms with Gasteiger partial charge < -0.3 is 14.7 Å². The van der Waals surface area contributed by atoms with Crippen LogP contribution < -0.4 is 9.64 Å². The Morgan fingerprint density at radius 3 is 2.64 bits per heavy atom. The van der Waals surface area contributed by atoms with E-state index in [1.165, 1.54) is 17.0 Å². The number of benzene rings is 1. The van der Waals surface area contributed by atoms with Gasteiger partial charge >= 0.3 is 5.97 Å². The van der Waals surface area contributed by atoms with Crippen molar-refractivity contribution in [2.75, 3.05) is 11.9 Å². The zero-order chi connectivity index (χ0) is 15.7. The van der Waals surface area contributed by atoms with Crippen LogP contribution in [-0.2, 0) is 4.79 Å². The van der Waals surface area contributed by atoms with E-state index in [4.69, 9.17) is 9.84 Å². The Balaban J connectivity index is 2.04. The van der Waals surface area contributed by atoms with Crippen LogP contribution in [-0.4, -0.2) is 29.0 Å². The van der Waals surface area contributed by atoms with Gasteiger partial charge in [0, 0.05) is 7.05 Å². The Morgan fingerprint density at radius 1 is 1.23 bits per heavy atom. The standard InChI is InChI=1S/C16H12N2O4/c1-18-12-8-7-11(16(20)21)17-14(12)22-13(15(18)19)9-10-5-3-2-4-6-10/h2-9H,1H3,(H,20,21). The van der Waals surface area contributed by atoms with E-state index in [0.717, 1.165) is 5.56 Å². The number of anilines is 1. The molecule has 2 heterocycles. The van der Waals surface area contributed by atoms with Crippen molar-refractivity contribution in [3.8, 4) is 5.88 Å². The summed E-state index contributed by atoms with van der Waals surface area (Å²) in [6.07, 6.45) is 1.59. The molecule has 0 atom stereocenters. The normalized spacial score (nSPS) is 15.4. The Labute approximate surface area is 126 Å². The molecule has 0 fully saturated rings. The number of fused-ring (bicyclic) bond motifs is 1. The highest BCUT2D eigenvalue weighted by Crippen LogP contribution is 2.33. The molecule has 1 aromatic carbocycles. The molecule has 0 unspecified atom stereocenters. The topological polar surface area (TPSA) is 79.7 Å². The van der Waals surface area contributed by atoms with E-state index in [-0.39, 0.29) is 23.2 Å². The monoisotopic (exact) mass is 296 g/mol. The van der Waals surface area contributed by atoms with E-state index in [0.29, 0.717) is 5.69 Å². The second-order valence-corrected chi connectivity index (χ2v) is 4.71. The maximum Gasteiger partial charge on any atom is 0.354 e. The van der Waals surface area contributed by atoms with Crippen LogP contribution in [0.5, 0.6) is 5.88 Å². The summed E-state index contributed by atoms with van der Waals surface area (Å²) < 4.78 is 5.50. The minimum Gasteiger partial charge on any atom is -0.477 e. The largest absolute Gasteiger partial charge is 0.477 e. The van der Waals surface area contributed by atoms with Crippen molar-refractivity contribution < 1.29 is 19.4 Å². The maximum atomic E-state index is 12.3. The van der Waals surface area contributed by atoms with Crippen LogP contribution in [0.3, 0.4) is 0 Å². The van der Waals surface area contributed by atoms with Crippen molar-refractivity contribution in [3.05, 3.63) is 59.5 Å². The number of pyridine rings is 1. The van der Waals surface area contributed by atoms with E-state index >= 15 is 0 Å². The number of carbonyl (C=O) groups excluding carboxylic acids is 1. The quantitative estimate of drug-likeness (QED) is 0.859. The molecule has 0 spiro atoms. The van der Waals surface area contributed by atoms with Gasteiger partial charge in [-0.3, -0.25) is 4.79 Å². The van der Waals surface area contributed by atoms with Gasteiger partial charge in [0.05, 0.1) is 0 Å². The van der Waals surface area contributed by atoms with Gasteiger partial charge in [0.15, 0.2) is 11.5 Å². The lowest BCUT2D eigenvalue weighted by Crippen LogP contribution is -2.34. The average Bonchev–Trinajstić information content (AvgIpc) is 2.53. The highest BCUT2D eigenvalue weighted by atomic mass is 16.5. The van der Waals surface area contributed by atoms with E-state index in [1.807, 2.05) is 30.3 Å². The number of hydrogen-bond donors (Lipinski definition) is 1. The SMILES string of the molecule is CN1C(=O)C(=Cc2ccccc2)Oc2nc(C(=O)O)ccc21. The van der Waals surface area contributed by atoms with Crippen LogP contribution in [0, 0.1) is 0 Å². The predicted octanol–water partition coefficient (Wildman–Crippen LogP) is 2.18. The number of carbonyl (C=O) groups is 2. The molecule has 0 radical (unpaired) electrons. The summed E-state index contributed by atoms with van der Waals surface area (Å²) >= 11 is 0. The summed E-state index contributed by atoms with van der Waals surface area (Å²) in [5.74, 6) is -1.28. The van der Waals surface area contributed by atoms with Gasteiger partial charge in [0.1, 0.15) is 5.69 Å². The summed E-state index contributed by atoms with van der Waals surface area (Å²) in [4.78, 5) is 28.6. The summed E-state index contributed by atoms with van der Waals surface area (Å²) in [7, 11) is 1.59. The lowest BCUT2D eigenvalue weighted by atomic mass is 10.2. The fourth-order valence-electron chi connectivity index (χ4n) is 2.10. The first kappa shape index (κ1) is 13.8. The zero-order valence-electron chi connectivity index (χ0n) is 11.7. The van der Waals surface area contributed by atoms with Gasteiger partial charge in [0.25, 0.3) is 5.91 Å². The van der Waals surface area contributed by atoms with Crippen molar-refractivity contribution >= 4 is 23.6 Å². The van der Waals surface area contributed by atoms with E-state index in [9.17, 15) is 9.59 Å². The number of nitrogens with zero attached hydrogens (tertiary/aromatic N) is 2. The fourth-order valence-corrected chi connectivity index (χ4v) is 2.10. The highest BCUT2D eigenvalue weighted by molar-refractivity contribution is 6.09. The molecular formula is C16H12N2O4. The number of aromatic nitrogens is 1. The first-order chi connectivity index (χ1) is 10.6. The molecule has 3 rings (SSSR count). The minimum atomic E-state index is -1.15. The van der Waals surface area contributed by atoms with Gasteiger partial charge in [-0.15, -0.1) is 0 Å². The number of amides is 1. The fraction of sp³-hybridized carbons (Fsp3) is 0.0625. The Morgan fingerprint density at radius 2 is 1.95 bits per heavy atom. The third-order valence-electron chi connectivity index (χ3n) is 3.24. The molecule has 6 nitrogen and oxygen atoms in total. The molecule has 1 amide bonds. The van der Waals surface area contributed by atoms with Crippen molar-refractivity contribution in [1.82, 2.24) is 4.98 Å². The van der Waals surface area contributed by atoms with Crippen molar-refractivity contribution in [2.45, 2.75) is 0 Å². The summed E-state index contributed by atoms with van der Waals surface area (Å²) in [5, 5.41) is 8.99. The first-order valence-electron chi connectivity index (χ1n) is 6.53. The van der Waals surface area contributed by atoms with E-state index in [1.54, 1.807) is 13.1 Å². The number of carboxylic acids is 1. The molecule has 1 aliphatic heterocycles. The van der Waals surface area contributed by atoms with E-state index in [2.05, 4.69) is 4.98 Å². The molecule has 0 bridgehead atoms. The molecule has 0 aliphatic carbocycles. The van der Waals surface area contributed by atoms with Gasteiger partial charge in [0.2, 0.25) is 5.88 Å². The summed E-state index contributed by atoms with van der Waals surface area (Å²) in [6, 6.07) is 12.1. The van der Waals surface area contributed by atoms with Gasteiger partial charge in [-0.1, -0.05) is 30.3 Å². The number of carboxylic acid groups (broad SMARTS) is 1. The van der Waals surface area contributed by atoms with Gasteiger partial charge in [-0.05, 0) is 23.8 Å². The average molecular weight is 296 g/mol. The second kappa shape index (κ2) is 5.33. The third kappa shape index (κ3) is 2.42. The molecule has 0 saturated heterocycles. The van der Waals surface area contributed by atoms with Crippen molar-refractivity contribution in [1.29, 1.82) is 0 Å². The number of aromatic carboxylic acids is 1. The van der Waals surface area contributed by atoms with Crippen molar-refractivity contribution in [2.24, 2.45) is 0 Å². The molecule has 1 aromatic heterocycles. The van der Waals surface area contributed by atoms with Gasteiger partial charge in [-0.2, -0.15) is 0 Å². The van der Waals surface area contributed by atoms with Crippen LogP contribution in [0.2, 0.25) is 0 Å². The number of ether oxygens (including phenoxy) is 1. The second-order valence-electron chi connectivity index (χ2n) is 4.71. The molecular weight excluding hydrogens is 284 g/mol. The van der Waals surface area contributed by atoms with E-state index < -0.39 is 5.97 Å². The smallest absolute Gasteiger partial charge is 0.354 e. The van der Waals surface area contributed by atoms with Crippen LogP contribution in [0.25, 0.3) is 6.08 Å². The Hall–Kier alpha value is -3.15.